The fourth-order valence-electron chi connectivity index (χ4n) is 3.49. The van der Waals surface area contributed by atoms with E-state index in [0.29, 0.717) is 24.8 Å². The molecular formula is C18H18F10. The number of benzene rings is 1. The third kappa shape index (κ3) is 3.70. The summed E-state index contributed by atoms with van der Waals surface area (Å²) in [7, 11) is 0. The molecule has 160 valence electrons. The van der Waals surface area contributed by atoms with E-state index in [1.165, 1.54) is 0 Å². The molecule has 2 rings (SSSR count). The predicted molar refractivity (Wildman–Crippen MR) is 81.2 cm³/mol. The van der Waals surface area contributed by atoms with Crippen molar-refractivity contribution in [2.75, 3.05) is 0 Å². The Hall–Kier alpha value is -1.48. The van der Waals surface area contributed by atoms with Crippen LogP contribution in [0, 0.1) is 11.7 Å². The van der Waals surface area contributed by atoms with Gasteiger partial charge in [0, 0.05) is 0 Å². The van der Waals surface area contributed by atoms with Gasteiger partial charge in [0.15, 0.2) is 0 Å². The zero-order chi connectivity index (χ0) is 21.5. The summed E-state index contributed by atoms with van der Waals surface area (Å²) < 4.78 is 131. The van der Waals surface area contributed by atoms with Crippen molar-refractivity contribution in [3.63, 3.8) is 0 Å². The summed E-state index contributed by atoms with van der Waals surface area (Å²) in [4.78, 5) is 0. The SMILES string of the molecule is CCC1CCC(c2ccc(C(F)(F)C(F)(F)C(F)(F)C(F)(F)F)c(F)c2)CC1. The van der Waals surface area contributed by atoms with Crippen molar-refractivity contribution in [3.05, 3.63) is 35.1 Å². The molecule has 28 heavy (non-hydrogen) atoms. The summed E-state index contributed by atoms with van der Waals surface area (Å²) in [5.41, 5.74) is -1.98. The quantitative estimate of drug-likeness (QED) is 0.431. The van der Waals surface area contributed by atoms with Crippen LogP contribution in [0.3, 0.4) is 0 Å². The molecule has 0 bridgehead atoms. The number of rotatable bonds is 5. The molecule has 0 aliphatic heterocycles. The molecule has 0 atom stereocenters. The Labute approximate surface area is 154 Å². The highest BCUT2D eigenvalue weighted by Gasteiger charge is 2.82. The second-order valence-electron chi connectivity index (χ2n) is 7.09. The fraction of sp³-hybridized carbons (Fsp3) is 0.667. The Bertz CT molecular complexity index is 684. The molecule has 1 aliphatic carbocycles. The molecule has 0 aromatic heterocycles. The molecular weight excluding hydrogens is 406 g/mol. The van der Waals surface area contributed by atoms with Gasteiger partial charge in [-0.1, -0.05) is 19.4 Å². The van der Waals surface area contributed by atoms with Crippen LogP contribution in [0.15, 0.2) is 18.2 Å². The van der Waals surface area contributed by atoms with Gasteiger partial charge in [0.2, 0.25) is 0 Å². The van der Waals surface area contributed by atoms with Crippen LogP contribution in [0.25, 0.3) is 0 Å². The van der Waals surface area contributed by atoms with E-state index in [4.69, 9.17) is 0 Å². The summed E-state index contributed by atoms with van der Waals surface area (Å²) in [6.07, 6.45) is -3.18. The monoisotopic (exact) mass is 424 g/mol. The third-order valence-corrected chi connectivity index (χ3v) is 5.37. The summed E-state index contributed by atoms with van der Waals surface area (Å²) in [5, 5.41) is 0. The van der Waals surface area contributed by atoms with Crippen molar-refractivity contribution in [2.24, 2.45) is 5.92 Å². The average Bonchev–Trinajstić information content (AvgIpc) is 2.60. The van der Waals surface area contributed by atoms with Gasteiger partial charge in [-0.25, -0.2) is 4.39 Å². The molecule has 0 heterocycles. The maximum Gasteiger partial charge on any atom is 0.460 e. The zero-order valence-electron chi connectivity index (χ0n) is 14.7. The van der Waals surface area contributed by atoms with E-state index in [1.54, 1.807) is 0 Å². The first-order valence-electron chi connectivity index (χ1n) is 8.66. The first kappa shape index (κ1) is 22.8. The Balaban J connectivity index is 2.34. The molecule has 1 fully saturated rings. The second-order valence-corrected chi connectivity index (χ2v) is 7.09. The molecule has 0 nitrogen and oxygen atoms in total. The molecule has 0 N–H and O–H groups in total. The van der Waals surface area contributed by atoms with Crippen molar-refractivity contribution in [2.45, 2.75) is 68.9 Å². The number of hydrogen-bond acceptors (Lipinski definition) is 0. The van der Waals surface area contributed by atoms with Gasteiger partial charge in [0.05, 0.1) is 5.56 Å². The van der Waals surface area contributed by atoms with E-state index < -0.39 is 35.3 Å². The topological polar surface area (TPSA) is 0 Å². The molecule has 1 aromatic carbocycles. The lowest BCUT2D eigenvalue weighted by Gasteiger charge is -2.34. The van der Waals surface area contributed by atoms with Gasteiger partial charge in [0.1, 0.15) is 5.82 Å². The largest absolute Gasteiger partial charge is 0.460 e. The fourth-order valence-corrected chi connectivity index (χ4v) is 3.49. The Kier molecular flexibility index (Phi) is 6.03. The molecule has 0 saturated heterocycles. The highest BCUT2D eigenvalue weighted by molar-refractivity contribution is 5.32. The summed E-state index contributed by atoms with van der Waals surface area (Å²) in [5.74, 6) is -21.7. The van der Waals surface area contributed by atoms with E-state index in [9.17, 15) is 43.9 Å². The highest BCUT2D eigenvalue weighted by atomic mass is 19.4. The van der Waals surface area contributed by atoms with Crippen LogP contribution in [-0.2, 0) is 5.92 Å². The maximum atomic E-state index is 14.1. The van der Waals surface area contributed by atoms with Crippen LogP contribution >= 0.6 is 0 Å². The Morgan fingerprint density at radius 3 is 1.79 bits per heavy atom. The van der Waals surface area contributed by atoms with Crippen LogP contribution in [0.5, 0.6) is 0 Å². The molecule has 1 aromatic rings. The van der Waals surface area contributed by atoms with Gasteiger partial charge in [-0.3, -0.25) is 0 Å². The minimum Gasteiger partial charge on any atom is -0.206 e. The smallest absolute Gasteiger partial charge is 0.206 e. The van der Waals surface area contributed by atoms with E-state index in [1.807, 2.05) is 6.92 Å². The van der Waals surface area contributed by atoms with Crippen LogP contribution in [0.4, 0.5) is 43.9 Å². The number of alkyl halides is 9. The van der Waals surface area contributed by atoms with Crippen LogP contribution in [-0.4, -0.2) is 18.0 Å². The van der Waals surface area contributed by atoms with Crippen molar-refractivity contribution in [3.8, 4) is 0 Å². The average molecular weight is 424 g/mol. The highest BCUT2D eigenvalue weighted by Crippen LogP contribution is 2.57. The molecule has 0 unspecified atom stereocenters. The second kappa shape index (κ2) is 7.40. The van der Waals surface area contributed by atoms with Crippen LogP contribution in [0.2, 0.25) is 0 Å². The van der Waals surface area contributed by atoms with Crippen molar-refractivity contribution < 1.29 is 43.9 Å². The molecule has 1 saturated carbocycles. The molecule has 0 amide bonds. The van der Waals surface area contributed by atoms with Gasteiger partial charge in [-0.05, 0) is 55.2 Å². The maximum absolute atomic E-state index is 14.1. The summed E-state index contributed by atoms with van der Waals surface area (Å²) in [6.45, 7) is 2.00. The molecule has 0 radical (unpaired) electrons. The van der Waals surface area contributed by atoms with E-state index in [-0.39, 0.29) is 17.5 Å². The normalized spacial score (nSPS) is 22.4. The first-order valence-corrected chi connectivity index (χ1v) is 8.66. The predicted octanol–water partition coefficient (Wildman–Crippen LogP) is 7.43. The Morgan fingerprint density at radius 1 is 0.821 bits per heavy atom. The van der Waals surface area contributed by atoms with Gasteiger partial charge >= 0.3 is 23.9 Å². The minimum absolute atomic E-state index is 0.164. The van der Waals surface area contributed by atoms with E-state index in [2.05, 4.69) is 0 Å². The van der Waals surface area contributed by atoms with Gasteiger partial charge in [-0.15, -0.1) is 0 Å². The van der Waals surface area contributed by atoms with Gasteiger partial charge in [0.25, 0.3) is 0 Å². The first-order chi connectivity index (χ1) is 12.7. The minimum atomic E-state index is -7.05. The lowest BCUT2D eigenvalue weighted by atomic mass is 9.77. The van der Waals surface area contributed by atoms with E-state index in [0.717, 1.165) is 25.3 Å². The van der Waals surface area contributed by atoms with Crippen LogP contribution < -0.4 is 0 Å². The van der Waals surface area contributed by atoms with Crippen molar-refractivity contribution >= 4 is 0 Å². The van der Waals surface area contributed by atoms with E-state index >= 15 is 0 Å². The number of hydrogen-bond donors (Lipinski definition) is 0. The molecule has 0 spiro atoms. The van der Waals surface area contributed by atoms with Gasteiger partial charge in [-0.2, -0.15) is 39.5 Å². The zero-order valence-corrected chi connectivity index (χ0v) is 14.7. The third-order valence-electron chi connectivity index (χ3n) is 5.37. The molecule has 1 aliphatic rings. The van der Waals surface area contributed by atoms with Gasteiger partial charge < -0.3 is 0 Å². The lowest BCUT2D eigenvalue weighted by molar-refractivity contribution is -0.399. The summed E-state index contributed by atoms with van der Waals surface area (Å²) >= 11 is 0. The van der Waals surface area contributed by atoms with Crippen molar-refractivity contribution in [1.82, 2.24) is 0 Å². The molecule has 10 heteroatoms. The standard InChI is InChI=1S/C18H18F10/c1-2-10-3-5-11(6-4-10)12-7-8-13(14(19)9-12)15(20,21)16(22,23)17(24,25)18(26,27)28/h7-11H,2-6H2,1H3. The Morgan fingerprint density at radius 2 is 1.36 bits per heavy atom. The van der Waals surface area contributed by atoms with Crippen LogP contribution in [0.1, 0.15) is 56.1 Å². The number of halogens is 10. The summed E-state index contributed by atoms with van der Waals surface area (Å²) in [6, 6.07) is 1.56. The van der Waals surface area contributed by atoms with Crippen molar-refractivity contribution in [1.29, 1.82) is 0 Å². The lowest BCUT2D eigenvalue weighted by Crippen LogP contribution is -2.59.